The minimum atomic E-state index is 0.946. The zero-order chi connectivity index (χ0) is 9.82. The Hall–Kier alpha value is 1.06. The van der Waals surface area contributed by atoms with E-state index >= 15 is 0 Å². The van der Waals surface area contributed by atoms with Crippen molar-refractivity contribution in [2.45, 2.75) is 57.0 Å². The SMILES string of the molecule is CC(C)[CH2][AlH2].CCCCC[CH2][AlH2]. The minimum Gasteiger partial charge on any atom is -0.101 e. The van der Waals surface area contributed by atoms with Crippen molar-refractivity contribution < 1.29 is 0 Å². The molecule has 0 aromatic rings. The Morgan fingerprint density at radius 3 is 1.75 bits per heavy atom. The molecule has 0 N–H and O–H groups in total. The van der Waals surface area contributed by atoms with Crippen molar-refractivity contribution in [1.29, 1.82) is 0 Å². The van der Waals surface area contributed by atoms with Gasteiger partial charge in [0.15, 0.2) is 0 Å². The maximum absolute atomic E-state index is 2.26. The average molecular weight is 200 g/mol. The summed E-state index contributed by atoms with van der Waals surface area (Å²) in [6.07, 6.45) is 5.78. The van der Waals surface area contributed by atoms with Gasteiger partial charge in [-0.3, -0.25) is 0 Å². The second kappa shape index (κ2) is 14.6. The molecule has 0 bridgehead atoms. The molecule has 0 radical (unpaired) electrons. The number of hydrogen-bond acceptors (Lipinski definition) is 0. The van der Waals surface area contributed by atoms with Crippen LogP contribution in [-0.4, -0.2) is 32.6 Å². The monoisotopic (exact) mass is 200 g/mol. The van der Waals surface area contributed by atoms with Crippen molar-refractivity contribution >= 4 is 32.6 Å². The molecule has 0 aromatic heterocycles. The molecule has 2 heteroatoms. The van der Waals surface area contributed by atoms with E-state index in [4.69, 9.17) is 0 Å². The first-order chi connectivity index (χ1) is 5.68. The molecule has 0 aliphatic carbocycles. The van der Waals surface area contributed by atoms with Gasteiger partial charge in [-0.2, -0.15) is 0 Å². The van der Waals surface area contributed by atoms with Crippen molar-refractivity contribution in [3.63, 3.8) is 0 Å². The summed E-state index contributed by atoms with van der Waals surface area (Å²) in [6.45, 7) is 6.77. The van der Waals surface area contributed by atoms with Crippen LogP contribution in [0.3, 0.4) is 0 Å². The predicted molar refractivity (Wildman–Crippen MR) is 65.7 cm³/mol. The molecule has 0 nitrogen and oxygen atoms in total. The van der Waals surface area contributed by atoms with Gasteiger partial charge < -0.3 is 0 Å². The molecule has 0 fully saturated rings. The van der Waals surface area contributed by atoms with Crippen LogP contribution in [0.25, 0.3) is 0 Å². The first kappa shape index (κ1) is 15.5. The first-order valence-corrected chi connectivity index (χ1v) is 8.51. The molecule has 0 rings (SSSR count). The maximum Gasteiger partial charge on any atom is 0.212 e. The molecule has 0 saturated heterocycles. The molecule has 0 aliphatic rings. The minimum absolute atomic E-state index is 0.946. The third-order valence-electron chi connectivity index (χ3n) is 2.02. The van der Waals surface area contributed by atoms with Crippen LogP contribution >= 0.6 is 0 Å². The highest BCUT2D eigenvalue weighted by Crippen LogP contribution is 1.99. The summed E-state index contributed by atoms with van der Waals surface area (Å²) in [5.74, 6) is 0.946. The van der Waals surface area contributed by atoms with Crippen LogP contribution in [0.5, 0.6) is 0 Å². The summed E-state index contributed by atoms with van der Waals surface area (Å²) < 4.78 is 0. The standard InChI is InChI=1S/C6H13.C4H9.2Al.4H/c1-3-5-6-4-2;1-4(2)3;;;;;;/h1,3-6H2,2H3;4H,1H2,2-3H3;;;;;;. The summed E-state index contributed by atoms with van der Waals surface area (Å²) in [4.78, 5) is 0. The molecule has 12 heavy (non-hydrogen) atoms. The first-order valence-electron chi connectivity index (χ1n) is 5.68. The van der Waals surface area contributed by atoms with Gasteiger partial charge in [-0.05, 0) is 0 Å². The lowest BCUT2D eigenvalue weighted by Gasteiger charge is -1.90. The lowest BCUT2D eigenvalue weighted by Crippen LogP contribution is -1.80. The second-order valence-corrected chi connectivity index (χ2v) is 5.68. The summed E-state index contributed by atoms with van der Waals surface area (Å²) >= 11 is 2.78. The highest BCUT2D eigenvalue weighted by molar-refractivity contribution is 6.08. The van der Waals surface area contributed by atoms with E-state index in [1.165, 1.54) is 68.8 Å². The van der Waals surface area contributed by atoms with Crippen LogP contribution < -0.4 is 0 Å². The fraction of sp³-hybridized carbons (Fsp3) is 1.00. The number of hydrogen-bond donors (Lipinski definition) is 0. The van der Waals surface area contributed by atoms with E-state index in [2.05, 4.69) is 20.8 Å². The van der Waals surface area contributed by atoms with Gasteiger partial charge in [0.1, 0.15) is 0 Å². The van der Waals surface area contributed by atoms with E-state index in [0.717, 1.165) is 5.92 Å². The third-order valence-corrected chi connectivity index (χ3v) is 4.36. The summed E-state index contributed by atoms with van der Waals surface area (Å²) in [5, 5.41) is 2.94. The Kier molecular flexibility index (Phi) is 18.9. The molecule has 72 valence electrons. The van der Waals surface area contributed by atoms with Gasteiger partial charge in [-0.1, -0.05) is 57.7 Å². The lowest BCUT2D eigenvalue weighted by atomic mass is 10.2. The lowest BCUT2D eigenvalue weighted by molar-refractivity contribution is 0.701. The van der Waals surface area contributed by atoms with Crippen LogP contribution in [0.1, 0.15) is 46.5 Å². The summed E-state index contributed by atoms with van der Waals surface area (Å²) in [6, 6.07) is 0. The van der Waals surface area contributed by atoms with Gasteiger partial charge in [0.25, 0.3) is 0 Å². The Balaban J connectivity index is 0. The van der Waals surface area contributed by atoms with Crippen molar-refractivity contribution in [3.8, 4) is 0 Å². The van der Waals surface area contributed by atoms with Crippen molar-refractivity contribution in [2.75, 3.05) is 0 Å². The highest BCUT2D eigenvalue weighted by atomic mass is 27.0. The highest BCUT2D eigenvalue weighted by Gasteiger charge is 1.81. The largest absolute Gasteiger partial charge is 0.212 e. The summed E-state index contributed by atoms with van der Waals surface area (Å²) in [5.41, 5.74) is 0. The second-order valence-electron chi connectivity index (χ2n) is 3.86. The molecule has 0 spiro atoms. The third kappa shape index (κ3) is 22.5. The molecule has 0 heterocycles. The smallest absolute Gasteiger partial charge is 0.101 e. The van der Waals surface area contributed by atoms with Gasteiger partial charge in [0.05, 0.1) is 0 Å². The molecule has 0 unspecified atom stereocenters. The van der Waals surface area contributed by atoms with Gasteiger partial charge in [0.2, 0.25) is 32.6 Å². The molecular weight excluding hydrogens is 174 g/mol. The van der Waals surface area contributed by atoms with Crippen LogP contribution in [0.2, 0.25) is 10.6 Å². The zero-order valence-electron chi connectivity index (χ0n) is 9.82. The summed E-state index contributed by atoms with van der Waals surface area (Å²) in [7, 11) is 0. The molecule has 0 amide bonds. The van der Waals surface area contributed by atoms with Crippen LogP contribution in [0.4, 0.5) is 0 Å². The van der Waals surface area contributed by atoms with Crippen LogP contribution in [-0.2, 0) is 0 Å². The Morgan fingerprint density at radius 1 is 1.00 bits per heavy atom. The van der Waals surface area contributed by atoms with Gasteiger partial charge >= 0.3 is 0 Å². The normalized spacial score (nSPS) is 9.33. The Morgan fingerprint density at radius 2 is 1.50 bits per heavy atom. The quantitative estimate of drug-likeness (QED) is 0.472. The topological polar surface area (TPSA) is 0 Å². The van der Waals surface area contributed by atoms with E-state index in [0.29, 0.717) is 0 Å². The van der Waals surface area contributed by atoms with Gasteiger partial charge in [-0.15, -0.1) is 5.28 Å². The molecule has 0 aromatic carbocycles. The van der Waals surface area contributed by atoms with E-state index < -0.39 is 0 Å². The fourth-order valence-electron chi connectivity index (χ4n) is 0.677. The van der Waals surface area contributed by atoms with Crippen LogP contribution in [0.15, 0.2) is 0 Å². The van der Waals surface area contributed by atoms with Crippen molar-refractivity contribution in [3.05, 3.63) is 0 Å². The van der Waals surface area contributed by atoms with Crippen molar-refractivity contribution in [1.82, 2.24) is 0 Å². The average Bonchev–Trinajstić information content (AvgIpc) is 2.07. The molecule has 0 atom stereocenters. The zero-order valence-corrected chi connectivity index (χ0v) is 13.8. The van der Waals surface area contributed by atoms with E-state index in [1.807, 2.05) is 0 Å². The predicted octanol–water partition coefficient (Wildman–Crippen LogP) is 2.31. The molecule has 0 aliphatic heterocycles. The van der Waals surface area contributed by atoms with E-state index in [-0.39, 0.29) is 0 Å². The van der Waals surface area contributed by atoms with E-state index in [1.54, 1.807) is 0 Å². The van der Waals surface area contributed by atoms with E-state index in [9.17, 15) is 0 Å². The molecule has 0 saturated carbocycles. The number of unbranched alkanes of at least 4 members (excludes halogenated alkanes) is 3. The Labute approximate surface area is 95.4 Å². The van der Waals surface area contributed by atoms with Crippen LogP contribution in [0, 0.1) is 5.92 Å². The number of rotatable bonds is 5. The Bertz CT molecular complexity index is 58.9. The maximum atomic E-state index is 2.26. The van der Waals surface area contributed by atoms with Gasteiger partial charge in [-0.25, -0.2) is 0 Å². The van der Waals surface area contributed by atoms with Crippen molar-refractivity contribution in [2.24, 2.45) is 5.92 Å². The van der Waals surface area contributed by atoms with Gasteiger partial charge in [0, 0.05) is 0 Å². The molecular formula is C10H26Al2. The fourth-order valence-corrected chi connectivity index (χ4v) is 1.18.